The second kappa shape index (κ2) is 4.00. The smallest absolute Gasteiger partial charge is 0.153 e. The molecular weight excluding hydrogens is 193 g/mol. The van der Waals surface area contributed by atoms with Gasteiger partial charge in [-0.2, -0.15) is 0 Å². The van der Waals surface area contributed by atoms with Gasteiger partial charge < -0.3 is 0 Å². The molecule has 0 aliphatic carbocycles. The third kappa shape index (κ3) is 1.76. The molecule has 0 unspecified atom stereocenters. The third-order valence-corrected chi connectivity index (χ3v) is 2.14. The maximum Gasteiger partial charge on any atom is 0.153 e. The Hall–Kier alpha value is -2.03. The van der Waals surface area contributed by atoms with Gasteiger partial charge in [0.1, 0.15) is 0 Å². The predicted octanol–water partition coefficient (Wildman–Crippen LogP) is 2.70. The molecule has 0 N–H and O–H groups in total. The SMILES string of the molecule is O=Cc1c(F)cncc1-c1ccccc1. The summed E-state index contributed by atoms with van der Waals surface area (Å²) < 4.78 is 13.2. The van der Waals surface area contributed by atoms with Gasteiger partial charge in [-0.3, -0.25) is 9.78 Å². The Morgan fingerprint density at radius 2 is 1.87 bits per heavy atom. The van der Waals surface area contributed by atoms with Crippen LogP contribution in [-0.2, 0) is 0 Å². The number of benzene rings is 1. The highest BCUT2D eigenvalue weighted by Gasteiger charge is 2.09. The van der Waals surface area contributed by atoms with Gasteiger partial charge >= 0.3 is 0 Å². The molecule has 15 heavy (non-hydrogen) atoms. The molecule has 0 saturated carbocycles. The summed E-state index contributed by atoms with van der Waals surface area (Å²) in [7, 11) is 0. The number of aldehydes is 1. The van der Waals surface area contributed by atoms with Gasteiger partial charge in [-0.1, -0.05) is 30.3 Å². The number of pyridine rings is 1. The molecule has 0 aliphatic rings. The molecule has 2 nitrogen and oxygen atoms in total. The average molecular weight is 201 g/mol. The minimum absolute atomic E-state index is 0.0520. The number of rotatable bonds is 2. The number of carbonyl (C=O) groups excluding carboxylic acids is 1. The first-order valence-corrected chi connectivity index (χ1v) is 4.47. The highest BCUT2D eigenvalue weighted by Crippen LogP contribution is 2.22. The first-order valence-electron chi connectivity index (χ1n) is 4.47. The molecule has 0 spiro atoms. The molecule has 0 radical (unpaired) electrons. The lowest BCUT2D eigenvalue weighted by molar-refractivity contribution is 0.112. The van der Waals surface area contributed by atoms with Crippen molar-refractivity contribution in [2.45, 2.75) is 0 Å². The summed E-state index contributed by atoms with van der Waals surface area (Å²) in [6, 6.07) is 9.13. The number of nitrogens with zero attached hydrogens (tertiary/aromatic N) is 1. The summed E-state index contributed by atoms with van der Waals surface area (Å²) in [5, 5.41) is 0. The average Bonchev–Trinajstić information content (AvgIpc) is 2.30. The van der Waals surface area contributed by atoms with E-state index in [1.165, 1.54) is 6.20 Å². The molecule has 3 heteroatoms. The molecule has 0 saturated heterocycles. The van der Waals surface area contributed by atoms with E-state index in [0.717, 1.165) is 11.8 Å². The number of hydrogen-bond acceptors (Lipinski definition) is 2. The molecular formula is C12H8FNO. The Morgan fingerprint density at radius 1 is 1.13 bits per heavy atom. The molecule has 2 aromatic rings. The summed E-state index contributed by atoms with van der Waals surface area (Å²) in [6.07, 6.45) is 3.04. The second-order valence-electron chi connectivity index (χ2n) is 3.07. The van der Waals surface area contributed by atoms with Gasteiger partial charge in [0.25, 0.3) is 0 Å². The largest absolute Gasteiger partial charge is 0.298 e. The zero-order chi connectivity index (χ0) is 10.7. The van der Waals surface area contributed by atoms with E-state index >= 15 is 0 Å². The van der Waals surface area contributed by atoms with E-state index in [-0.39, 0.29) is 5.56 Å². The highest BCUT2D eigenvalue weighted by molar-refractivity contribution is 5.87. The van der Waals surface area contributed by atoms with Crippen molar-refractivity contribution >= 4 is 6.29 Å². The molecule has 0 fully saturated rings. The van der Waals surface area contributed by atoms with E-state index in [9.17, 15) is 9.18 Å². The van der Waals surface area contributed by atoms with Crippen molar-refractivity contribution in [1.29, 1.82) is 0 Å². The van der Waals surface area contributed by atoms with Crippen LogP contribution >= 0.6 is 0 Å². The van der Waals surface area contributed by atoms with Crippen LogP contribution in [0, 0.1) is 5.82 Å². The Morgan fingerprint density at radius 3 is 2.53 bits per heavy atom. The van der Waals surface area contributed by atoms with E-state index in [0.29, 0.717) is 11.8 Å². The molecule has 0 atom stereocenters. The van der Waals surface area contributed by atoms with Crippen LogP contribution in [0.15, 0.2) is 42.7 Å². The van der Waals surface area contributed by atoms with Crippen molar-refractivity contribution in [1.82, 2.24) is 4.98 Å². The van der Waals surface area contributed by atoms with Crippen LogP contribution < -0.4 is 0 Å². The summed E-state index contributed by atoms with van der Waals surface area (Å²) in [5.74, 6) is -0.591. The highest BCUT2D eigenvalue weighted by atomic mass is 19.1. The summed E-state index contributed by atoms with van der Waals surface area (Å²) in [6.45, 7) is 0. The van der Waals surface area contributed by atoms with Crippen molar-refractivity contribution in [3.05, 3.63) is 54.1 Å². The normalized spacial score (nSPS) is 9.93. The van der Waals surface area contributed by atoms with Gasteiger partial charge in [0.2, 0.25) is 0 Å². The molecule has 0 amide bonds. The Labute approximate surface area is 86.4 Å². The van der Waals surface area contributed by atoms with E-state index in [1.807, 2.05) is 30.3 Å². The molecule has 2 rings (SSSR count). The van der Waals surface area contributed by atoms with Gasteiger partial charge in [0, 0.05) is 11.8 Å². The summed E-state index contributed by atoms with van der Waals surface area (Å²) >= 11 is 0. The van der Waals surface area contributed by atoms with Crippen molar-refractivity contribution < 1.29 is 9.18 Å². The number of aromatic nitrogens is 1. The van der Waals surface area contributed by atoms with Gasteiger partial charge in [-0.05, 0) is 5.56 Å². The molecule has 0 aliphatic heterocycles. The summed E-state index contributed by atoms with van der Waals surface area (Å²) in [5.41, 5.74) is 1.36. The fraction of sp³-hybridized carbons (Fsp3) is 0. The van der Waals surface area contributed by atoms with Crippen LogP contribution in [0.1, 0.15) is 10.4 Å². The van der Waals surface area contributed by atoms with Crippen molar-refractivity contribution in [2.24, 2.45) is 0 Å². The zero-order valence-corrected chi connectivity index (χ0v) is 7.85. The Kier molecular flexibility index (Phi) is 2.54. The fourth-order valence-corrected chi connectivity index (χ4v) is 1.41. The Balaban J connectivity index is 2.63. The topological polar surface area (TPSA) is 30.0 Å². The van der Waals surface area contributed by atoms with E-state index in [1.54, 1.807) is 0 Å². The fourth-order valence-electron chi connectivity index (χ4n) is 1.41. The van der Waals surface area contributed by atoms with Crippen molar-refractivity contribution in [3.8, 4) is 11.1 Å². The molecule has 1 aromatic heterocycles. The minimum atomic E-state index is -0.591. The lowest BCUT2D eigenvalue weighted by atomic mass is 10.0. The predicted molar refractivity (Wildman–Crippen MR) is 55.0 cm³/mol. The molecule has 1 aromatic carbocycles. The molecule has 0 bridgehead atoms. The van der Waals surface area contributed by atoms with Crippen molar-refractivity contribution in [3.63, 3.8) is 0 Å². The monoisotopic (exact) mass is 201 g/mol. The minimum Gasteiger partial charge on any atom is -0.298 e. The third-order valence-electron chi connectivity index (χ3n) is 2.14. The summed E-state index contributed by atoms with van der Waals surface area (Å²) in [4.78, 5) is 14.5. The lowest BCUT2D eigenvalue weighted by Gasteiger charge is -2.04. The lowest BCUT2D eigenvalue weighted by Crippen LogP contribution is -1.94. The maximum atomic E-state index is 13.2. The quantitative estimate of drug-likeness (QED) is 0.699. The molecule has 1 heterocycles. The number of halogens is 1. The van der Waals surface area contributed by atoms with Crippen LogP contribution in [0.3, 0.4) is 0 Å². The van der Waals surface area contributed by atoms with Crippen LogP contribution in [0.5, 0.6) is 0 Å². The van der Waals surface area contributed by atoms with Gasteiger partial charge in [-0.15, -0.1) is 0 Å². The van der Waals surface area contributed by atoms with Gasteiger partial charge in [-0.25, -0.2) is 4.39 Å². The maximum absolute atomic E-state index is 13.2. The van der Waals surface area contributed by atoms with Crippen molar-refractivity contribution in [2.75, 3.05) is 0 Å². The zero-order valence-electron chi connectivity index (χ0n) is 7.85. The number of hydrogen-bond donors (Lipinski definition) is 0. The van der Waals surface area contributed by atoms with Crippen LogP contribution in [-0.4, -0.2) is 11.3 Å². The first-order chi connectivity index (χ1) is 7.33. The van der Waals surface area contributed by atoms with E-state index in [2.05, 4.69) is 4.98 Å². The second-order valence-corrected chi connectivity index (χ2v) is 3.07. The van der Waals surface area contributed by atoms with E-state index in [4.69, 9.17) is 0 Å². The van der Waals surface area contributed by atoms with Crippen LogP contribution in [0.2, 0.25) is 0 Å². The molecule has 74 valence electrons. The number of carbonyl (C=O) groups is 1. The van der Waals surface area contributed by atoms with Crippen LogP contribution in [0.25, 0.3) is 11.1 Å². The van der Waals surface area contributed by atoms with E-state index < -0.39 is 5.82 Å². The van der Waals surface area contributed by atoms with Gasteiger partial charge in [0.05, 0.1) is 11.8 Å². The first kappa shape index (κ1) is 9.52. The standard InChI is InChI=1S/C12H8FNO/c13-12-7-14-6-10(11(12)8-15)9-4-2-1-3-5-9/h1-8H. The van der Waals surface area contributed by atoms with Crippen LogP contribution in [0.4, 0.5) is 4.39 Å². The van der Waals surface area contributed by atoms with Gasteiger partial charge in [0.15, 0.2) is 12.1 Å². The Bertz CT molecular complexity index is 482.